The van der Waals surface area contributed by atoms with Crippen molar-refractivity contribution >= 4 is 19.4 Å². The minimum atomic E-state index is -1.20. The van der Waals surface area contributed by atoms with Gasteiger partial charge in [0, 0.05) is 27.3 Å². The molecule has 36 heavy (non-hydrogen) atoms. The van der Waals surface area contributed by atoms with Crippen LogP contribution in [0.5, 0.6) is 0 Å². The highest BCUT2D eigenvalue weighted by molar-refractivity contribution is 6.76. The first-order valence-corrected chi connectivity index (χ1v) is 17.5. The van der Waals surface area contributed by atoms with Crippen LogP contribution < -0.4 is 0 Å². The standard InChI is InChI=1S/C30H41N3O2Si/c1-36(2,3)17-16-35-22-33-21-27(20-31)32-30(33)29(34)19-26-15-14-25(23-10-6-4-7-11-23)18-28(26)24-12-8-5-9-13-24/h12,14-15,18,21,23H,4-11,13,16-17,19,22H2,1-3H3. The zero-order valence-corrected chi connectivity index (χ0v) is 23.3. The van der Waals surface area contributed by atoms with Crippen LogP contribution in [0.15, 0.2) is 30.5 Å². The van der Waals surface area contributed by atoms with E-state index in [2.05, 4.69) is 55.0 Å². The molecule has 2 aromatic rings. The molecular formula is C30H41N3O2Si. The summed E-state index contributed by atoms with van der Waals surface area (Å²) in [5, 5.41) is 9.41. The van der Waals surface area contributed by atoms with Crippen LogP contribution in [0.3, 0.4) is 0 Å². The summed E-state index contributed by atoms with van der Waals surface area (Å²) in [6.45, 7) is 7.85. The second-order valence-corrected chi connectivity index (χ2v) is 17.3. The number of nitrogens with zero attached hydrogens (tertiary/aromatic N) is 3. The van der Waals surface area contributed by atoms with E-state index < -0.39 is 8.07 Å². The van der Waals surface area contributed by atoms with E-state index in [1.54, 1.807) is 10.8 Å². The van der Waals surface area contributed by atoms with Crippen LogP contribution in [0.1, 0.15) is 96.7 Å². The first kappa shape index (κ1) is 26.6. The monoisotopic (exact) mass is 503 g/mol. The van der Waals surface area contributed by atoms with E-state index in [4.69, 9.17) is 4.74 Å². The highest BCUT2D eigenvalue weighted by Gasteiger charge is 2.22. The SMILES string of the molecule is C[Si](C)(C)CCOCn1cc(C#N)nc1C(=O)Cc1ccc(C2CCCCC2)cc1C1=CCCCC1. The van der Waals surface area contributed by atoms with E-state index in [1.165, 1.54) is 61.6 Å². The molecule has 0 bridgehead atoms. The van der Waals surface area contributed by atoms with Gasteiger partial charge < -0.3 is 9.30 Å². The normalized spacial score (nSPS) is 17.0. The maximum Gasteiger partial charge on any atom is 0.202 e. The van der Waals surface area contributed by atoms with Gasteiger partial charge in [0.05, 0.1) is 0 Å². The molecule has 1 fully saturated rings. The molecule has 192 valence electrons. The lowest BCUT2D eigenvalue weighted by Crippen LogP contribution is -2.22. The number of hydrogen-bond donors (Lipinski definition) is 0. The lowest BCUT2D eigenvalue weighted by atomic mass is 9.81. The largest absolute Gasteiger partial charge is 0.361 e. The van der Waals surface area contributed by atoms with Crippen molar-refractivity contribution in [1.29, 1.82) is 5.26 Å². The molecule has 0 aliphatic heterocycles. The van der Waals surface area contributed by atoms with Gasteiger partial charge in [-0.25, -0.2) is 4.98 Å². The van der Waals surface area contributed by atoms with Crippen LogP contribution in [0.4, 0.5) is 0 Å². The molecule has 6 heteroatoms. The van der Waals surface area contributed by atoms with Crippen molar-refractivity contribution in [3.05, 3.63) is 58.7 Å². The highest BCUT2D eigenvalue weighted by Crippen LogP contribution is 2.36. The topological polar surface area (TPSA) is 67.9 Å². The Morgan fingerprint density at radius 3 is 2.67 bits per heavy atom. The van der Waals surface area contributed by atoms with Crippen LogP contribution in [0, 0.1) is 11.3 Å². The third kappa shape index (κ3) is 7.05. The third-order valence-corrected chi connectivity index (χ3v) is 9.27. The molecule has 0 saturated heterocycles. The molecule has 1 heterocycles. The summed E-state index contributed by atoms with van der Waals surface area (Å²) in [4.78, 5) is 17.9. The van der Waals surface area contributed by atoms with Crippen LogP contribution in [0.2, 0.25) is 25.7 Å². The van der Waals surface area contributed by atoms with Gasteiger partial charge in [-0.15, -0.1) is 0 Å². The molecular weight excluding hydrogens is 462 g/mol. The number of benzene rings is 1. The molecule has 1 aromatic heterocycles. The van der Waals surface area contributed by atoms with E-state index in [0.717, 1.165) is 24.4 Å². The Labute approximate surface area is 217 Å². The molecule has 0 N–H and O–H groups in total. The second kappa shape index (κ2) is 12.2. The van der Waals surface area contributed by atoms with Gasteiger partial charge in [0.1, 0.15) is 12.8 Å². The van der Waals surface area contributed by atoms with Gasteiger partial charge in [-0.2, -0.15) is 5.26 Å². The molecule has 0 atom stereocenters. The number of carbonyl (C=O) groups excluding carboxylic acids is 1. The molecule has 1 saturated carbocycles. The molecule has 2 aliphatic rings. The Morgan fingerprint density at radius 2 is 1.97 bits per heavy atom. The van der Waals surface area contributed by atoms with E-state index in [9.17, 15) is 10.1 Å². The number of rotatable bonds is 10. The lowest BCUT2D eigenvalue weighted by molar-refractivity contribution is 0.0799. The summed E-state index contributed by atoms with van der Waals surface area (Å²) in [5.41, 5.74) is 5.39. The summed E-state index contributed by atoms with van der Waals surface area (Å²) in [5.74, 6) is 0.893. The van der Waals surface area contributed by atoms with Crippen LogP contribution in [0.25, 0.3) is 5.57 Å². The van der Waals surface area contributed by atoms with Crippen LogP contribution >= 0.6 is 0 Å². The Kier molecular flexibility index (Phi) is 8.98. The van der Waals surface area contributed by atoms with Crippen molar-refractivity contribution in [2.75, 3.05) is 6.61 Å². The van der Waals surface area contributed by atoms with Gasteiger partial charge in [0.2, 0.25) is 5.78 Å². The maximum absolute atomic E-state index is 13.5. The molecule has 2 aliphatic carbocycles. The minimum absolute atomic E-state index is 0.0617. The number of ether oxygens (including phenoxy) is 1. The van der Waals surface area contributed by atoms with Gasteiger partial charge in [-0.1, -0.05) is 63.2 Å². The van der Waals surface area contributed by atoms with Crippen molar-refractivity contribution in [2.24, 2.45) is 0 Å². The van der Waals surface area contributed by atoms with Gasteiger partial charge in [-0.3, -0.25) is 4.79 Å². The van der Waals surface area contributed by atoms with Gasteiger partial charge in [0.15, 0.2) is 11.5 Å². The first-order valence-electron chi connectivity index (χ1n) is 13.7. The number of ketones is 1. The van der Waals surface area contributed by atoms with Gasteiger partial charge in [-0.05, 0) is 72.8 Å². The summed E-state index contributed by atoms with van der Waals surface area (Å²) < 4.78 is 7.59. The lowest BCUT2D eigenvalue weighted by Gasteiger charge is -2.24. The summed E-state index contributed by atoms with van der Waals surface area (Å²) >= 11 is 0. The molecule has 0 radical (unpaired) electrons. The number of carbonyl (C=O) groups is 1. The minimum Gasteiger partial charge on any atom is -0.361 e. The van der Waals surface area contributed by atoms with Crippen molar-refractivity contribution in [3.8, 4) is 6.07 Å². The number of Topliss-reactive ketones (excluding diaryl/α,β-unsaturated/α-hetero) is 1. The summed E-state index contributed by atoms with van der Waals surface area (Å²) in [6, 6.07) is 9.95. The molecule has 0 unspecified atom stereocenters. The number of allylic oxidation sites excluding steroid dienone is 2. The van der Waals surface area contributed by atoms with E-state index in [0.29, 0.717) is 18.3 Å². The molecule has 0 spiro atoms. The molecule has 5 nitrogen and oxygen atoms in total. The predicted octanol–water partition coefficient (Wildman–Crippen LogP) is 7.50. The summed E-state index contributed by atoms with van der Waals surface area (Å²) in [6.07, 6.45) is 15.4. The van der Waals surface area contributed by atoms with Crippen molar-refractivity contribution in [1.82, 2.24) is 9.55 Å². The number of aromatic nitrogens is 2. The maximum atomic E-state index is 13.5. The number of nitriles is 1. The fourth-order valence-corrected chi connectivity index (χ4v) is 6.16. The highest BCUT2D eigenvalue weighted by atomic mass is 28.3. The van der Waals surface area contributed by atoms with Crippen molar-refractivity contribution < 1.29 is 9.53 Å². The average molecular weight is 504 g/mol. The van der Waals surface area contributed by atoms with Gasteiger partial charge in [0.25, 0.3) is 0 Å². The quantitative estimate of drug-likeness (QED) is 0.191. The van der Waals surface area contributed by atoms with Crippen molar-refractivity contribution in [2.45, 2.75) is 103 Å². The second-order valence-electron chi connectivity index (χ2n) is 11.7. The number of hydrogen-bond acceptors (Lipinski definition) is 4. The third-order valence-electron chi connectivity index (χ3n) is 7.57. The van der Waals surface area contributed by atoms with Crippen LogP contribution in [-0.2, 0) is 17.9 Å². The average Bonchev–Trinajstić information content (AvgIpc) is 3.31. The van der Waals surface area contributed by atoms with Crippen LogP contribution in [-0.4, -0.2) is 30.0 Å². The fourth-order valence-electron chi connectivity index (χ4n) is 5.40. The van der Waals surface area contributed by atoms with E-state index >= 15 is 0 Å². The zero-order chi connectivity index (χ0) is 25.5. The molecule has 0 amide bonds. The molecule has 1 aromatic carbocycles. The molecule has 4 rings (SSSR count). The smallest absolute Gasteiger partial charge is 0.202 e. The van der Waals surface area contributed by atoms with E-state index in [1.807, 2.05) is 0 Å². The fraction of sp³-hybridized carbons (Fsp3) is 0.567. The Morgan fingerprint density at radius 1 is 1.17 bits per heavy atom. The van der Waals surface area contributed by atoms with E-state index in [-0.39, 0.29) is 24.6 Å². The van der Waals surface area contributed by atoms with Crippen molar-refractivity contribution in [3.63, 3.8) is 0 Å². The predicted molar refractivity (Wildman–Crippen MR) is 148 cm³/mol. The van der Waals surface area contributed by atoms with Gasteiger partial charge >= 0.3 is 0 Å². The summed E-state index contributed by atoms with van der Waals surface area (Å²) in [7, 11) is -1.20. The first-order chi connectivity index (χ1) is 17.3. The Bertz CT molecular complexity index is 1130. The number of imidazole rings is 1. The Hall–Kier alpha value is -2.49. The Balaban J connectivity index is 1.56. The zero-order valence-electron chi connectivity index (χ0n) is 22.3.